The monoisotopic (exact) mass is 446 g/mol. The maximum absolute atomic E-state index is 12.6. The van der Waals surface area contributed by atoms with E-state index in [-0.39, 0.29) is 23.4 Å². The maximum Gasteiger partial charge on any atom is 0.342 e. The molecule has 184 valence electrons. The highest BCUT2D eigenvalue weighted by Crippen LogP contribution is 2.22. The van der Waals surface area contributed by atoms with Gasteiger partial charge >= 0.3 is 5.97 Å². The molecular formula is C29H50O3. The van der Waals surface area contributed by atoms with Crippen LogP contribution >= 0.6 is 0 Å². The molecule has 0 saturated heterocycles. The Morgan fingerprint density at radius 3 is 1.53 bits per heavy atom. The highest BCUT2D eigenvalue weighted by atomic mass is 16.5. The van der Waals surface area contributed by atoms with Gasteiger partial charge in [-0.3, -0.25) is 0 Å². The first kappa shape index (κ1) is 28.5. The molecule has 32 heavy (non-hydrogen) atoms. The van der Waals surface area contributed by atoms with Gasteiger partial charge in [0.2, 0.25) is 0 Å². The van der Waals surface area contributed by atoms with Crippen LogP contribution < -0.4 is 0 Å². The van der Waals surface area contributed by atoms with Crippen LogP contribution in [0.3, 0.4) is 0 Å². The summed E-state index contributed by atoms with van der Waals surface area (Å²) >= 11 is 0. The molecule has 1 N–H and O–H groups in total. The van der Waals surface area contributed by atoms with Crippen LogP contribution in [-0.2, 0) is 4.74 Å². The molecule has 0 spiro atoms. The molecule has 0 aromatic heterocycles. The highest BCUT2D eigenvalue weighted by Gasteiger charge is 2.18. The number of carbonyl (C=O) groups is 1. The molecule has 3 nitrogen and oxygen atoms in total. The second-order valence-corrected chi connectivity index (χ2v) is 9.43. The van der Waals surface area contributed by atoms with Gasteiger partial charge in [-0.1, -0.05) is 122 Å². The van der Waals surface area contributed by atoms with Crippen LogP contribution in [0, 0.1) is 0 Å². The zero-order chi connectivity index (χ0) is 23.3. The number of esters is 1. The molecule has 1 aromatic rings. The predicted molar refractivity (Wildman–Crippen MR) is 136 cm³/mol. The number of hydrogen-bond acceptors (Lipinski definition) is 3. The summed E-state index contributed by atoms with van der Waals surface area (Å²) < 4.78 is 5.85. The number of hydrogen-bond donors (Lipinski definition) is 1. The Hall–Kier alpha value is -1.51. The molecule has 1 rings (SSSR count). The summed E-state index contributed by atoms with van der Waals surface area (Å²) in [6, 6.07) is 6.69. The van der Waals surface area contributed by atoms with E-state index in [0.717, 1.165) is 25.7 Å². The van der Waals surface area contributed by atoms with Crippen molar-refractivity contribution in [2.24, 2.45) is 0 Å². The molecule has 0 heterocycles. The molecule has 0 fully saturated rings. The third kappa shape index (κ3) is 14.5. The van der Waals surface area contributed by atoms with E-state index in [9.17, 15) is 9.90 Å². The Labute approximate surface area is 198 Å². The van der Waals surface area contributed by atoms with Crippen LogP contribution in [0.5, 0.6) is 5.75 Å². The van der Waals surface area contributed by atoms with Gasteiger partial charge in [-0.15, -0.1) is 0 Å². The minimum atomic E-state index is -0.386. The van der Waals surface area contributed by atoms with Crippen LogP contribution in [-0.4, -0.2) is 17.2 Å². The van der Waals surface area contributed by atoms with Gasteiger partial charge in [0.15, 0.2) is 0 Å². The Bertz CT molecular complexity index is 569. The van der Waals surface area contributed by atoms with Crippen molar-refractivity contribution in [3.8, 4) is 5.75 Å². The minimum absolute atomic E-state index is 0.00593. The molecule has 1 unspecified atom stereocenters. The molecule has 0 radical (unpaired) electrons. The number of aromatic hydroxyl groups is 1. The molecule has 1 atom stereocenters. The number of para-hydroxylation sites is 1. The number of phenolic OH excluding ortho intramolecular Hbond substituents is 1. The van der Waals surface area contributed by atoms with E-state index in [1.165, 1.54) is 96.3 Å². The number of ether oxygens (including phenoxy) is 1. The lowest BCUT2D eigenvalue weighted by Gasteiger charge is -2.18. The van der Waals surface area contributed by atoms with Crippen LogP contribution in [0.2, 0.25) is 0 Å². The van der Waals surface area contributed by atoms with Crippen molar-refractivity contribution in [1.82, 2.24) is 0 Å². The number of unbranched alkanes of at least 4 members (excludes halogenated alkanes) is 15. The first-order valence-electron chi connectivity index (χ1n) is 13.7. The Kier molecular flexibility index (Phi) is 17.9. The normalized spacial score (nSPS) is 12.1. The topological polar surface area (TPSA) is 46.5 Å². The molecule has 1 aromatic carbocycles. The quantitative estimate of drug-likeness (QED) is 0.151. The third-order valence-electron chi connectivity index (χ3n) is 6.41. The maximum atomic E-state index is 12.6. The zero-order valence-corrected chi connectivity index (χ0v) is 21.1. The molecule has 0 aliphatic heterocycles. The average Bonchev–Trinajstić information content (AvgIpc) is 2.79. The van der Waals surface area contributed by atoms with Crippen molar-refractivity contribution in [2.75, 3.05) is 0 Å². The summed E-state index contributed by atoms with van der Waals surface area (Å²) in [6.07, 6.45) is 23.8. The van der Waals surface area contributed by atoms with E-state index < -0.39 is 0 Å². The van der Waals surface area contributed by atoms with Crippen LogP contribution in [0.25, 0.3) is 0 Å². The van der Waals surface area contributed by atoms with E-state index in [4.69, 9.17) is 4.74 Å². The number of rotatable bonds is 21. The second-order valence-electron chi connectivity index (χ2n) is 9.43. The van der Waals surface area contributed by atoms with Gasteiger partial charge in [0, 0.05) is 0 Å². The van der Waals surface area contributed by atoms with Crippen molar-refractivity contribution >= 4 is 5.97 Å². The third-order valence-corrected chi connectivity index (χ3v) is 6.41. The van der Waals surface area contributed by atoms with Gasteiger partial charge in [-0.25, -0.2) is 4.79 Å². The lowest BCUT2D eigenvalue weighted by Crippen LogP contribution is -2.18. The van der Waals surface area contributed by atoms with E-state index in [2.05, 4.69) is 13.8 Å². The van der Waals surface area contributed by atoms with Crippen molar-refractivity contribution in [1.29, 1.82) is 0 Å². The minimum Gasteiger partial charge on any atom is -0.507 e. The SMILES string of the molecule is CCCCCCCCCCCC(CCCCCCCCCC)OC(=O)c1ccccc1O. The summed E-state index contributed by atoms with van der Waals surface area (Å²) in [6.45, 7) is 4.51. The average molecular weight is 447 g/mol. The molecule has 0 bridgehead atoms. The van der Waals surface area contributed by atoms with Gasteiger partial charge < -0.3 is 9.84 Å². The molecule has 0 aliphatic carbocycles. The van der Waals surface area contributed by atoms with Gasteiger partial charge in [-0.2, -0.15) is 0 Å². The lowest BCUT2D eigenvalue weighted by atomic mass is 10.0. The fraction of sp³-hybridized carbons (Fsp3) is 0.759. The molecule has 3 heteroatoms. The summed E-state index contributed by atoms with van der Waals surface area (Å²) in [5.41, 5.74) is 0.278. The summed E-state index contributed by atoms with van der Waals surface area (Å²) in [5.74, 6) is -0.380. The van der Waals surface area contributed by atoms with Gasteiger partial charge in [0.25, 0.3) is 0 Å². The first-order chi connectivity index (χ1) is 15.7. The fourth-order valence-corrected chi connectivity index (χ4v) is 4.31. The number of phenols is 1. The number of benzene rings is 1. The molecular weight excluding hydrogens is 396 g/mol. The largest absolute Gasteiger partial charge is 0.507 e. The zero-order valence-electron chi connectivity index (χ0n) is 21.1. The standard InChI is InChI=1S/C29H50O3/c1-3-5-7-9-11-13-15-17-19-23-26(22-18-16-14-12-10-8-6-4-2)32-29(31)27-24-20-21-25-28(27)30/h20-21,24-26,30H,3-19,22-23H2,1-2H3. The van der Waals surface area contributed by atoms with Crippen LogP contribution in [0.1, 0.15) is 146 Å². The predicted octanol–water partition coefficient (Wildman–Crippen LogP) is 9.37. The second kappa shape index (κ2) is 20.1. The van der Waals surface area contributed by atoms with Crippen molar-refractivity contribution in [2.45, 2.75) is 142 Å². The fourth-order valence-electron chi connectivity index (χ4n) is 4.31. The summed E-state index contributed by atoms with van der Waals surface area (Å²) in [7, 11) is 0. The Morgan fingerprint density at radius 1 is 0.688 bits per heavy atom. The van der Waals surface area contributed by atoms with Crippen LogP contribution in [0.4, 0.5) is 0 Å². The number of carbonyl (C=O) groups excluding carboxylic acids is 1. The summed E-state index contributed by atoms with van der Waals surface area (Å²) in [4.78, 5) is 12.6. The summed E-state index contributed by atoms with van der Waals surface area (Å²) in [5, 5.41) is 9.98. The van der Waals surface area contributed by atoms with Gasteiger partial charge in [0.1, 0.15) is 17.4 Å². The van der Waals surface area contributed by atoms with E-state index >= 15 is 0 Å². The molecule has 0 aliphatic rings. The van der Waals surface area contributed by atoms with Crippen molar-refractivity contribution in [3.63, 3.8) is 0 Å². The smallest absolute Gasteiger partial charge is 0.342 e. The van der Waals surface area contributed by atoms with Crippen LogP contribution in [0.15, 0.2) is 24.3 Å². The molecule has 0 saturated carbocycles. The van der Waals surface area contributed by atoms with E-state index in [0.29, 0.717) is 0 Å². The van der Waals surface area contributed by atoms with Crippen molar-refractivity contribution < 1.29 is 14.6 Å². The van der Waals surface area contributed by atoms with Crippen molar-refractivity contribution in [3.05, 3.63) is 29.8 Å². The van der Waals surface area contributed by atoms with E-state index in [1.807, 2.05) is 0 Å². The van der Waals surface area contributed by atoms with Gasteiger partial charge in [-0.05, 0) is 37.8 Å². The Balaban J connectivity index is 2.33. The molecule has 0 amide bonds. The highest BCUT2D eigenvalue weighted by molar-refractivity contribution is 5.92. The van der Waals surface area contributed by atoms with E-state index in [1.54, 1.807) is 24.3 Å². The lowest BCUT2D eigenvalue weighted by molar-refractivity contribution is 0.0246. The van der Waals surface area contributed by atoms with Gasteiger partial charge in [0.05, 0.1) is 0 Å². The Morgan fingerprint density at radius 2 is 1.09 bits per heavy atom. The first-order valence-corrected chi connectivity index (χ1v) is 13.7.